The molecule has 0 fully saturated rings. The summed E-state index contributed by atoms with van der Waals surface area (Å²) in [6.45, 7) is 3.37. The minimum Gasteiger partial charge on any atom is -0.445 e. The number of hydrogen-bond acceptors (Lipinski definition) is 3. The number of amides is 1. The van der Waals surface area contributed by atoms with Gasteiger partial charge in [0.2, 0.25) is 0 Å². The third-order valence-corrected chi connectivity index (χ3v) is 5.59. The zero-order chi connectivity index (χ0) is 20.2. The summed E-state index contributed by atoms with van der Waals surface area (Å²) in [6.07, 6.45) is 2.46. The summed E-state index contributed by atoms with van der Waals surface area (Å²) in [6, 6.07) is 16.1. The van der Waals surface area contributed by atoms with Gasteiger partial charge in [-0.2, -0.15) is 0 Å². The third-order valence-electron chi connectivity index (χ3n) is 5.09. The van der Waals surface area contributed by atoms with Crippen molar-refractivity contribution >= 4 is 22.0 Å². The second-order valence-electron chi connectivity index (χ2n) is 7.27. The van der Waals surface area contributed by atoms with E-state index in [1.54, 1.807) is 4.90 Å². The molecule has 29 heavy (non-hydrogen) atoms. The highest BCUT2D eigenvalue weighted by Gasteiger charge is 2.23. The predicted molar refractivity (Wildman–Crippen MR) is 116 cm³/mol. The monoisotopic (exact) mass is 453 g/mol. The van der Waals surface area contributed by atoms with Crippen molar-refractivity contribution in [3.63, 3.8) is 0 Å². The number of imidazole rings is 1. The van der Waals surface area contributed by atoms with E-state index in [9.17, 15) is 4.79 Å². The Balaban J connectivity index is 1.48. The number of hydrogen-bond donors (Lipinski definition) is 1. The largest absolute Gasteiger partial charge is 0.445 e. The number of ether oxygens (including phenoxy) is 1. The lowest BCUT2D eigenvalue weighted by molar-refractivity contribution is 0.0928. The molecule has 0 saturated heterocycles. The Morgan fingerprint density at radius 2 is 2.03 bits per heavy atom. The zero-order valence-corrected chi connectivity index (χ0v) is 18.0. The Bertz CT molecular complexity index is 1000. The fourth-order valence-corrected chi connectivity index (χ4v) is 4.11. The van der Waals surface area contributed by atoms with Crippen molar-refractivity contribution in [3.05, 3.63) is 75.6 Å². The highest BCUT2D eigenvalue weighted by atomic mass is 79.9. The normalized spacial score (nSPS) is 12.2. The molecule has 150 valence electrons. The highest BCUT2D eigenvalue weighted by Crippen LogP contribution is 2.33. The number of H-pyrrole nitrogens is 1. The first-order chi connectivity index (χ1) is 14.1. The van der Waals surface area contributed by atoms with Crippen LogP contribution in [0.2, 0.25) is 0 Å². The summed E-state index contributed by atoms with van der Waals surface area (Å²) < 4.78 is 6.62. The average Bonchev–Trinajstić information content (AvgIpc) is 3.15. The molecule has 1 amide bonds. The standard InChI is InChI=1S/C23H24BrN3O2/c1-2-12-27(23(28)29-15-16-6-4-3-5-7-16)14-21-25-20-11-8-17-13-18(24)9-10-19(17)22(20)26-21/h3-7,9-10,13H,2,8,11-12,14-15H2,1H3,(H,25,26). The summed E-state index contributed by atoms with van der Waals surface area (Å²) in [5.41, 5.74) is 5.60. The van der Waals surface area contributed by atoms with Crippen molar-refractivity contribution in [1.82, 2.24) is 14.9 Å². The number of carbonyl (C=O) groups is 1. The molecule has 1 N–H and O–H groups in total. The first kappa shape index (κ1) is 19.7. The molecule has 6 heteroatoms. The number of nitrogens with zero attached hydrogens (tertiary/aromatic N) is 2. The molecular weight excluding hydrogens is 430 g/mol. The fourth-order valence-electron chi connectivity index (χ4n) is 3.70. The molecule has 0 aliphatic heterocycles. The summed E-state index contributed by atoms with van der Waals surface area (Å²) >= 11 is 3.55. The second kappa shape index (κ2) is 8.82. The number of aromatic amines is 1. The number of nitrogens with one attached hydrogen (secondary N) is 1. The van der Waals surface area contributed by atoms with Gasteiger partial charge < -0.3 is 14.6 Å². The number of aryl methyl sites for hydroxylation is 2. The van der Waals surface area contributed by atoms with Gasteiger partial charge in [0.1, 0.15) is 12.4 Å². The summed E-state index contributed by atoms with van der Waals surface area (Å²) in [5, 5.41) is 0. The highest BCUT2D eigenvalue weighted by molar-refractivity contribution is 9.10. The number of rotatable bonds is 6. The van der Waals surface area contributed by atoms with Crippen LogP contribution >= 0.6 is 15.9 Å². The van der Waals surface area contributed by atoms with Gasteiger partial charge in [-0.1, -0.05) is 59.3 Å². The van der Waals surface area contributed by atoms with E-state index in [2.05, 4.69) is 40.0 Å². The SMILES string of the molecule is CCCN(Cc1nc2c([nH]1)CCc1cc(Br)ccc1-2)C(=O)OCc1ccccc1. The van der Waals surface area contributed by atoms with Gasteiger partial charge in [-0.05, 0) is 42.5 Å². The lowest BCUT2D eigenvalue weighted by Gasteiger charge is -2.20. The van der Waals surface area contributed by atoms with E-state index in [4.69, 9.17) is 9.72 Å². The maximum absolute atomic E-state index is 12.6. The Kier molecular flexibility index (Phi) is 6.00. The van der Waals surface area contributed by atoms with Crippen LogP contribution in [0.1, 0.15) is 36.0 Å². The van der Waals surface area contributed by atoms with Crippen LogP contribution in [0.15, 0.2) is 53.0 Å². The van der Waals surface area contributed by atoms with Crippen LogP contribution in [-0.2, 0) is 30.7 Å². The topological polar surface area (TPSA) is 58.2 Å². The first-order valence-corrected chi connectivity index (χ1v) is 10.8. The number of carbonyl (C=O) groups excluding carboxylic acids is 1. The van der Waals surface area contributed by atoms with Crippen molar-refractivity contribution in [2.45, 2.75) is 39.3 Å². The molecule has 0 spiro atoms. The number of halogens is 1. The van der Waals surface area contributed by atoms with Gasteiger partial charge in [-0.3, -0.25) is 0 Å². The van der Waals surface area contributed by atoms with E-state index < -0.39 is 0 Å². The van der Waals surface area contributed by atoms with Crippen molar-refractivity contribution in [3.8, 4) is 11.3 Å². The number of aromatic nitrogens is 2. The molecule has 2 aromatic carbocycles. The van der Waals surface area contributed by atoms with Gasteiger partial charge in [0.15, 0.2) is 0 Å². The van der Waals surface area contributed by atoms with Crippen LogP contribution in [0.4, 0.5) is 4.79 Å². The van der Waals surface area contributed by atoms with Crippen LogP contribution in [0.25, 0.3) is 11.3 Å². The van der Waals surface area contributed by atoms with Gasteiger partial charge in [0, 0.05) is 22.3 Å². The van der Waals surface area contributed by atoms with Crippen molar-refractivity contribution in [2.75, 3.05) is 6.54 Å². The first-order valence-electron chi connectivity index (χ1n) is 9.96. The summed E-state index contributed by atoms with van der Waals surface area (Å²) in [5.74, 6) is 0.802. The Labute approximate surface area is 179 Å². The van der Waals surface area contributed by atoms with Crippen LogP contribution in [0.3, 0.4) is 0 Å². The second-order valence-corrected chi connectivity index (χ2v) is 8.19. The lowest BCUT2D eigenvalue weighted by atomic mass is 9.92. The minimum atomic E-state index is -0.311. The van der Waals surface area contributed by atoms with Crippen LogP contribution < -0.4 is 0 Å². The van der Waals surface area contributed by atoms with E-state index >= 15 is 0 Å². The maximum Gasteiger partial charge on any atom is 0.410 e. The molecule has 1 aliphatic rings. The molecule has 3 aromatic rings. The molecule has 0 unspecified atom stereocenters. The van der Waals surface area contributed by atoms with E-state index in [0.29, 0.717) is 13.1 Å². The van der Waals surface area contributed by atoms with Gasteiger partial charge >= 0.3 is 6.09 Å². The molecule has 0 saturated carbocycles. The quantitative estimate of drug-likeness (QED) is 0.536. The fraction of sp³-hybridized carbons (Fsp3) is 0.304. The van der Waals surface area contributed by atoms with Gasteiger partial charge in [-0.25, -0.2) is 9.78 Å². The Hall–Kier alpha value is -2.60. The molecule has 1 aliphatic carbocycles. The van der Waals surface area contributed by atoms with E-state index in [1.165, 1.54) is 11.1 Å². The van der Waals surface area contributed by atoms with Gasteiger partial charge in [0.05, 0.1) is 12.2 Å². The molecular formula is C23H24BrN3O2. The number of benzene rings is 2. The van der Waals surface area contributed by atoms with Crippen molar-refractivity contribution in [2.24, 2.45) is 0 Å². The molecule has 1 heterocycles. The average molecular weight is 454 g/mol. The van der Waals surface area contributed by atoms with Gasteiger partial charge in [-0.15, -0.1) is 0 Å². The van der Waals surface area contributed by atoms with Gasteiger partial charge in [0.25, 0.3) is 0 Å². The summed E-state index contributed by atoms with van der Waals surface area (Å²) in [4.78, 5) is 22.6. The predicted octanol–water partition coefficient (Wildman–Crippen LogP) is 5.49. The summed E-state index contributed by atoms with van der Waals surface area (Å²) in [7, 11) is 0. The molecule has 1 aromatic heterocycles. The maximum atomic E-state index is 12.6. The Morgan fingerprint density at radius 3 is 2.83 bits per heavy atom. The Morgan fingerprint density at radius 1 is 1.21 bits per heavy atom. The van der Waals surface area contributed by atoms with Crippen molar-refractivity contribution < 1.29 is 9.53 Å². The molecule has 0 radical (unpaired) electrons. The third kappa shape index (κ3) is 4.53. The van der Waals surface area contributed by atoms with Crippen LogP contribution in [-0.4, -0.2) is 27.5 Å². The lowest BCUT2D eigenvalue weighted by Crippen LogP contribution is -2.32. The molecule has 0 atom stereocenters. The number of fused-ring (bicyclic) bond motifs is 3. The van der Waals surface area contributed by atoms with E-state index in [-0.39, 0.29) is 12.7 Å². The van der Waals surface area contributed by atoms with Crippen molar-refractivity contribution in [1.29, 1.82) is 0 Å². The minimum absolute atomic E-state index is 0.275. The van der Waals surface area contributed by atoms with Crippen LogP contribution in [0.5, 0.6) is 0 Å². The smallest absolute Gasteiger partial charge is 0.410 e. The molecule has 5 nitrogen and oxygen atoms in total. The van der Waals surface area contributed by atoms with E-state index in [0.717, 1.165) is 46.5 Å². The molecule has 4 rings (SSSR count). The zero-order valence-electron chi connectivity index (χ0n) is 16.5. The molecule has 0 bridgehead atoms. The van der Waals surface area contributed by atoms with Crippen LogP contribution in [0, 0.1) is 0 Å². The van der Waals surface area contributed by atoms with E-state index in [1.807, 2.05) is 36.4 Å².